The summed E-state index contributed by atoms with van der Waals surface area (Å²) >= 11 is 0. The molecule has 3 N–H and O–H groups in total. The lowest BCUT2D eigenvalue weighted by Crippen LogP contribution is -2.15. The van der Waals surface area contributed by atoms with Gasteiger partial charge in [-0.15, -0.1) is 0 Å². The summed E-state index contributed by atoms with van der Waals surface area (Å²) in [6.45, 7) is -3.03. The molecule has 136 valence electrons. The highest BCUT2D eigenvalue weighted by molar-refractivity contribution is 6.11. The highest BCUT2D eigenvalue weighted by Gasteiger charge is 2.18. The minimum absolute atomic E-state index is 0.0463. The first kappa shape index (κ1) is 20.3. The predicted octanol–water partition coefficient (Wildman–Crippen LogP) is 2.31. The molecule has 6 nitrogen and oxygen atoms in total. The van der Waals surface area contributed by atoms with Crippen molar-refractivity contribution in [1.29, 1.82) is 0 Å². The van der Waals surface area contributed by atoms with Crippen LogP contribution in [0.1, 0.15) is 23.1 Å². The Morgan fingerprint density at radius 3 is 2.60 bits per heavy atom. The van der Waals surface area contributed by atoms with E-state index in [-0.39, 0.29) is 29.0 Å². The van der Waals surface area contributed by atoms with E-state index in [0.717, 1.165) is 18.5 Å². The van der Waals surface area contributed by atoms with E-state index in [1.807, 2.05) is 0 Å². The standard InChI is InChI=1S/C15H16F4N4O2/c1-25-7-13(23-22-8-24)9-2-3-11(12(4-9)14(16)17)10(5-20)6-21-15(18)19/h2-6,8,14-15H,7,20H2,1H3,(H,22,24)/b10-5?,21-6?,23-13+. The summed E-state index contributed by atoms with van der Waals surface area (Å²) in [5, 5.41) is 3.72. The number of allylic oxidation sites excluding steroid dienone is 1. The van der Waals surface area contributed by atoms with E-state index in [2.05, 4.69) is 15.5 Å². The molecule has 0 heterocycles. The molecule has 0 unspecified atom stereocenters. The lowest BCUT2D eigenvalue weighted by molar-refractivity contribution is -0.109. The van der Waals surface area contributed by atoms with Crippen LogP contribution in [0.2, 0.25) is 0 Å². The summed E-state index contributed by atoms with van der Waals surface area (Å²) in [4.78, 5) is 13.2. The highest BCUT2D eigenvalue weighted by atomic mass is 19.3. The first-order valence-corrected chi connectivity index (χ1v) is 6.85. The number of rotatable bonds is 9. The number of alkyl halides is 4. The topological polar surface area (TPSA) is 89.1 Å². The second-order valence-corrected chi connectivity index (χ2v) is 4.52. The summed E-state index contributed by atoms with van der Waals surface area (Å²) in [7, 11) is 1.37. The summed E-state index contributed by atoms with van der Waals surface area (Å²) in [5.74, 6) is 0. The molecule has 0 aliphatic heterocycles. The average molecular weight is 360 g/mol. The maximum absolute atomic E-state index is 13.4. The van der Waals surface area contributed by atoms with Gasteiger partial charge in [-0.1, -0.05) is 12.1 Å². The SMILES string of the molecule is COC/C(=N\NC=O)c1ccc(C(C=NC(F)F)=CN)c(C(F)F)c1. The van der Waals surface area contributed by atoms with E-state index in [9.17, 15) is 22.4 Å². The summed E-state index contributed by atoms with van der Waals surface area (Å²) in [6, 6.07) is 3.81. The molecule has 0 aliphatic carbocycles. The van der Waals surface area contributed by atoms with Crippen molar-refractivity contribution < 1.29 is 27.1 Å². The number of carbonyl (C=O) groups excluding carboxylic acids is 1. The fraction of sp³-hybridized carbons (Fsp3) is 0.267. The molecule has 0 bridgehead atoms. The number of nitrogens with one attached hydrogen (secondary N) is 1. The molecule has 0 saturated carbocycles. The molecule has 0 saturated heterocycles. The van der Waals surface area contributed by atoms with Crippen LogP contribution in [0, 0.1) is 0 Å². The molecule has 0 spiro atoms. The Bertz CT molecular complexity index is 675. The Morgan fingerprint density at radius 2 is 2.08 bits per heavy atom. The van der Waals surface area contributed by atoms with Crippen LogP contribution < -0.4 is 11.2 Å². The minimum atomic E-state index is -2.99. The van der Waals surface area contributed by atoms with Crippen LogP contribution >= 0.6 is 0 Å². The zero-order chi connectivity index (χ0) is 18.8. The monoisotopic (exact) mass is 360 g/mol. The Kier molecular flexibility index (Phi) is 8.27. The third-order valence-corrected chi connectivity index (χ3v) is 2.97. The number of amides is 1. The normalized spacial score (nSPS) is 13.1. The summed E-state index contributed by atoms with van der Waals surface area (Å²) in [6.07, 6.45) is -0.962. The quantitative estimate of drug-likeness (QED) is 0.233. The van der Waals surface area contributed by atoms with Crippen molar-refractivity contribution in [2.75, 3.05) is 13.7 Å². The van der Waals surface area contributed by atoms with Gasteiger partial charge in [0.05, 0.1) is 12.3 Å². The first-order chi connectivity index (χ1) is 11.9. The van der Waals surface area contributed by atoms with Crippen LogP contribution in [-0.2, 0) is 9.53 Å². The largest absolute Gasteiger partial charge is 0.404 e. The Morgan fingerprint density at radius 1 is 1.36 bits per heavy atom. The van der Waals surface area contributed by atoms with Gasteiger partial charge in [-0.25, -0.2) is 19.2 Å². The molecule has 0 radical (unpaired) electrons. The summed E-state index contributed by atoms with van der Waals surface area (Å²) in [5.41, 5.74) is 7.27. The predicted molar refractivity (Wildman–Crippen MR) is 85.7 cm³/mol. The Balaban J connectivity index is 3.37. The van der Waals surface area contributed by atoms with Crippen LogP contribution in [0.3, 0.4) is 0 Å². The number of hydrazone groups is 1. The van der Waals surface area contributed by atoms with Gasteiger partial charge < -0.3 is 10.5 Å². The minimum Gasteiger partial charge on any atom is -0.404 e. The van der Waals surface area contributed by atoms with E-state index >= 15 is 0 Å². The molecule has 25 heavy (non-hydrogen) atoms. The average Bonchev–Trinajstić information content (AvgIpc) is 2.59. The zero-order valence-corrected chi connectivity index (χ0v) is 13.1. The third-order valence-electron chi connectivity index (χ3n) is 2.97. The number of ether oxygens (including phenoxy) is 1. The van der Waals surface area contributed by atoms with Gasteiger partial charge in [0.25, 0.3) is 6.43 Å². The van der Waals surface area contributed by atoms with Crippen molar-refractivity contribution in [3.05, 3.63) is 41.1 Å². The van der Waals surface area contributed by atoms with Gasteiger partial charge in [0, 0.05) is 36.2 Å². The van der Waals surface area contributed by atoms with Crippen molar-refractivity contribution in [3.8, 4) is 0 Å². The molecule has 0 fully saturated rings. The molecule has 1 amide bonds. The van der Waals surface area contributed by atoms with Gasteiger partial charge in [-0.3, -0.25) is 4.79 Å². The van der Waals surface area contributed by atoms with E-state index in [4.69, 9.17) is 10.5 Å². The van der Waals surface area contributed by atoms with Crippen LogP contribution in [0.4, 0.5) is 17.6 Å². The number of carbonyl (C=O) groups is 1. The van der Waals surface area contributed by atoms with Gasteiger partial charge in [0.1, 0.15) is 0 Å². The van der Waals surface area contributed by atoms with Gasteiger partial charge >= 0.3 is 6.55 Å². The van der Waals surface area contributed by atoms with Crippen LogP contribution in [0.5, 0.6) is 0 Å². The highest BCUT2D eigenvalue weighted by Crippen LogP contribution is 2.29. The maximum atomic E-state index is 13.4. The molecule has 0 atom stereocenters. The van der Waals surface area contributed by atoms with Crippen molar-refractivity contribution in [1.82, 2.24) is 5.43 Å². The van der Waals surface area contributed by atoms with E-state index in [0.29, 0.717) is 6.41 Å². The molecular weight excluding hydrogens is 344 g/mol. The lowest BCUT2D eigenvalue weighted by Gasteiger charge is -2.13. The van der Waals surface area contributed by atoms with Gasteiger partial charge in [-0.2, -0.15) is 13.9 Å². The Labute approximate surface area is 141 Å². The van der Waals surface area contributed by atoms with E-state index in [1.54, 1.807) is 0 Å². The number of methoxy groups -OCH3 is 1. The van der Waals surface area contributed by atoms with Gasteiger partial charge in [0.15, 0.2) is 0 Å². The van der Waals surface area contributed by atoms with Gasteiger partial charge in [-0.05, 0) is 11.6 Å². The zero-order valence-electron chi connectivity index (χ0n) is 13.1. The van der Waals surface area contributed by atoms with Crippen molar-refractivity contribution in [2.45, 2.75) is 13.0 Å². The van der Waals surface area contributed by atoms with E-state index in [1.165, 1.54) is 19.2 Å². The lowest BCUT2D eigenvalue weighted by atomic mass is 9.97. The summed E-state index contributed by atoms with van der Waals surface area (Å²) < 4.78 is 56.1. The van der Waals surface area contributed by atoms with Crippen molar-refractivity contribution in [2.24, 2.45) is 15.8 Å². The fourth-order valence-electron chi connectivity index (χ4n) is 1.95. The third kappa shape index (κ3) is 5.99. The molecular formula is C15H16F4N4O2. The second-order valence-electron chi connectivity index (χ2n) is 4.52. The number of hydrogen-bond acceptors (Lipinski definition) is 5. The van der Waals surface area contributed by atoms with E-state index < -0.39 is 18.5 Å². The van der Waals surface area contributed by atoms with Crippen LogP contribution in [-0.4, -0.2) is 38.6 Å². The van der Waals surface area contributed by atoms with Crippen molar-refractivity contribution >= 4 is 23.9 Å². The number of hydrogen-bond donors (Lipinski definition) is 2. The second kappa shape index (κ2) is 10.2. The number of halogens is 4. The van der Waals surface area contributed by atoms with Crippen LogP contribution in [0.15, 0.2) is 34.5 Å². The number of nitrogens with two attached hydrogens (primary N) is 1. The molecule has 0 aliphatic rings. The Hall–Kier alpha value is -2.75. The molecule has 10 heteroatoms. The molecule has 0 aromatic heterocycles. The first-order valence-electron chi connectivity index (χ1n) is 6.85. The molecule has 1 aromatic carbocycles. The smallest absolute Gasteiger partial charge is 0.331 e. The fourth-order valence-corrected chi connectivity index (χ4v) is 1.95. The van der Waals surface area contributed by atoms with Gasteiger partial charge in [0.2, 0.25) is 6.41 Å². The number of aliphatic imine (C=N–C) groups is 1. The maximum Gasteiger partial charge on any atom is 0.331 e. The van der Waals surface area contributed by atoms with Crippen LogP contribution in [0.25, 0.3) is 5.57 Å². The number of benzene rings is 1. The molecule has 1 rings (SSSR count). The number of nitrogens with zero attached hydrogens (tertiary/aromatic N) is 2. The van der Waals surface area contributed by atoms with Crippen molar-refractivity contribution in [3.63, 3.8) is 0 Å². The molecule has 1 aromatic rings.